The minimum Gasteiger partial charge on any atom is -0.376 e. The highest BCUT2D eigenvalue weighted by molar-refractivity contribution is 5.96. The number of nitrogens with one attached hydrogen (secondary N) is 1. The largest absolute Gasteiger partial charge is 0.376 e. The topological polar surface area (TPSA) is 56.2 Å². The molecule has 5 nitrogen and oxygen atoms in total. The van der Waals surface area contributed by atoms with E-state index in [9.17, 15) is 4.79 Å². The monoisotopic (exact) mass is 355 g/mol. The van der Waals surface area contributed by atoms with Crippen LogP contribution in [0.3, 0.4) is 0 Å². The Kier molecular flexibility index (Phi) is 6.45. The van der Waals surface area contributed by atoms with Crippen LogP contribution in [0.1, 0.15) is 60.4 Å². The number of amides is 1. The van der Waals surface area contributed by atoms with Crippen molar-refractivity contribution in [2.75, 3.05) is 13.2 Å². The summed E-state index contributed by atoms with van der Waals surface area (Å²) in [7, 11) is 0. The van der Waals surface area contributed by atoms with E-state index in [0.717, 1.165) is 55.7 Å². The minimum atomic E-state index is -0.0138. The third-order valence-electron chi connectivity index (χ3n) is 4.87. The van der Waals surface area contributed by atoms with Crippen molar-refractivity contribution in [1.82, 2.24) is 15.1 Å². The van der Waals surface area contributed by atoms with Gasteiger partial charge in [-0.15, -0.1) is 0 Å². The molecule has 2 heterocycles. The normalized spacial score (nSPS) is 16.8. The smallest absolute Gasteiger partial charge is 0.255 e. The number of rotatable bonds is 8. The Balaban J connectivity index is 1.82. The quantitative estimate of drug-likeness (QED) is 0.790. The Labute approximate surface area is 155 Å². The Hall–Kier alpha value is -2.14. The van der Waals surface area contributed by atoms with E-state index in [-0.39, 0.29) is 12.0 Å². The lowest BCUT2D eigenvalue weighted by Crippen LogP contribution is -2.32. The summed E-state index contributed by atoms with van der Waals surface area (Å²) in [6.45, 7) is 6.29. The van der Waals surface area contributed by atoms with E-state index in [1.165, 1.54) is 5.56 Å². The highest BCUT2D eigenvalue weighted by atomic mass is 16.5. The van der Waals surface area contributed by atoms with Crippen molar-refractivity contribution < 1.29 is 9.53 Å². The van der Waals surface area contributed by atoms with E-state index in [1.54, 1.807) is 0 Å². The number of hydrogen-bond donors (Lipinski definition) is 1. The standard InChI is InChI=1S/C21H29N3O2/c1-3-9-18-20(21(25)22-14-17-12-8-13-26-17)19(4-2)24(23-18)15-16-10-6-5-7-11-16/h5-7,10-11,17H,3-4,8-9,12-15H2,1-2H3,(H,22,25)/t17-/m0/s1. The maximum atomic E-state index is 12.9. The number of benzene rings is 1. The van der Waals surface area contributed by atoms with Crippen LogP contribution in [0.25, 0.3) is 0 Å². The second-order valence-corrected chi connectivity index (χ2v) is 6.86. The average molecular weight is 355 g/mol. The first-order valence-corrected chi connectivity index (χ1v) is 9.75. The molecule has 2 aromatic rings. The predicted molar refractivity (Wildman–Crippen MR) is 102 cm³/mol. The Morgan fingerprint density at radius 1 is 1.31 bits per heavy atom. The molecule has 1 amide bonds. The highest BCUT2D eigenvalue weighted by Gasteiger charge is 2.24. The lowest BCUT2D eigenvalue weighted by Gasteiger charge is -2.12. The second kappa shape index (κ2) is 8.99. The maximum Gasteiger partial charge on any atom is 0.255 e. The first-order chi connectivity index (χ1) is 12.7. The summed E-state index contributed by atoms with van der Waals surface area (Å²) in [5.41, 5.74) is 3.88. The summed E-state index contributed by atoms with van der Waals surface area (Å²) in [4.78, 5) is 12.9. The first-order valence-electron chi connectivity index (χ1n) is 9.75. The molecule has 0 saturated carbocycles. The second-order valence-electron chi connectivity index (χ2n) is 6.86. The Morgan fingerprint density at radius 2 is 2.12 bits per heavy atom. The molecule has 1 atom stereocenters. The summed E-state index contributed by atoms with van der Waals surface area (Å²) in [6.07, 6.45) is 4.83. The molecule has 0 spiro atoms. The van der Waals surface area contributed by atoms with E-state index in [0.29, 0.717) is 13.1 Å². The van der Waals surface area contributed by atoms with Gasteiger partial charge in [0.2, 0.25) is 0 Å². The van der Waals surface area contributed by atoms with Crippen molar-refractivity contribution in [2.45, 2.75) is 58.6 Å². The van der Waals surface area contributed by atoms with Gasteiger partial charge in [0.25, 0.3) is 5.91 Å². The molecule has 26 heavy (non-hydrogen) atoms. The molecule has 0 radical (unpaired) electrons. The number of carbonyl (C=O) groups excluding carboxylic acids is 1. The van der Waals surface area contributed by atoms with E-state index < -0.39 is 0 Å². The molecular weight excluding hydrogens is 326 g/mol. The van der Waals surface area contributed by atoms with E-state index >= 15 is 0 Å². The van der Waals surface area contributed by atoms with Gasteiger partial charge in [-0.25, -0.2) is 0 Å². The summed E-state index contributed by atoms with van der Waals surface area (Å²) in [6, 6.07) is 10.3. The zero-order valence-corrected chi connectivity index (χ0v) is 15.8. The molecule has 3 rings (SSSR count). The fraction of sp³-hybridized carbons (Fsp3) is 0.524. The van der Waals surface area contributed by atoms with Gasteiger partial charge in [0, 0.05) is 13.2 Å². The first kappa shape index (κ1) is 18.6. The molecule has 1 aromatic heterocycles. The predicted octanol–water partition coefficient (Wildman–Crippen LogP) is 3.36. The minimum absolute atomic E-state index is 0.0138. The number of ether oxygens (including phenoxy) is 1. The Morgan fingerprint density at radius 3 is 2.77 bits per heavy atom. The summed E-state index contributed by atoms with van der Waals surface area (Å²) < 4.78 is 7.62. The maximum absolute atomic E-state index is 12.9. The van der Waals surface area contributed by atoms with Crippen molar-refractivity contribution in [2.24, 2.45) is 0 Å². The molecule has 1 saturated heterocycles. The summed E-state index contributed by atoms with van der Waals surface area (Å²) in [5.74, 6) is -0.0138. The fourth-order valence-electron chi connectivity index (χ4n) is 3.57. The number of nitrogens with zero attached hydrogens (tertiary/aromatic N) is 2. The third kappa shape index (κ3) is 4.33. The van der Waals surface area contributed by atoms with Crippen LogP contribution in [0.4, 0.5) is 0 Å². The molecule has 1 aliphatic heterocycles. The van der Waals surface area contributed by atoms with Gasteiger partial charge >= 0.3 is 0 Å². The lowest BCUT2D eigenvalue weighted by atomic mass is 10.1. The van der Waals surface area contributed by atoms with Crippen molar-refractivity contribution in [3.63, 3.8) is 0 Å². The van der Waals surface area contributed by atoms with Crippen LogP contribution in [0.15, 0.2) is 30.3 Å². The molecule has 0 unspecified atom stereocenters. The van der Waals surface area contributed by atoms with E-state index in [2.05, 4.69) is 31.3 Å². The SMILES string of the molecule is CCCc1nn(Cc2ccccc2)c(CC)c1C(=O)NC[C@@H]1CCCO1. The molecular formula is C21H29N3O2. The molecule has 0 bridgehead atoms. The van der Waals surface area contributed by atoms with Gasteiger partial charge < -0.3 is 10.1 Å². The van der Waals surface area contributed by atoms with Crippen molar-refractivity contribution in [3.8, 4) is 0 Å². The van der Waals surface area contributed by atoms with Gasteiger partial charge in [-0.2, -0.15) is 5.10 Å². The third-order valence-corrected chi connectivity index (χ3v) is 4.87. The molecule has 1 N–H and O–H groups in total. The molecule has 140 valence electrons. The number of carbonyl (C=O) groups is 1. The van der Waals surface area contributed by atoms with Gasteiger partial charge in [0.05, 0.1) is 29.6 Å². The van der Waals surface area contributed by atoms with Crippen molar-refractivity contribution in [3.05, 3.63) is 52.8 Å². The van der Waals surface area contributed by atoms with Crippen LogP contribution in [-0.4, -0.2) is 34.9 Å². The molecule has 1 aromatic carbocycles. The molecule has 5 heteroatoms. The van der Waals surface area contributed by atoms with Gasteiger partial charge in [-0.3, -0.25) is 9.48 Å². The molecule has 1 fully saturated rings. The van der Waals surface area contributed by atoms with Gasteiger partial charge in [0.15, 0.2) is 0 Å². The molecule has 1 aliphatic rings. The fourth-order valence-corrected chi connectivity index (χ4v) is 3.57. The number of aryl methyl sites for hydroxylation is 1. The summed E-state index contributed by atoms with van der Waals surface area (Å²) in [5, 5.41) is 7.87. The van der Waals surface area contributed by atoms with E-state index in [4.69, 9.17) is 9.84 Å². The van der Waals surface area contributed by atoms with E-state index in [1.807, 2.05) is 22.9 Å². The van der Waals surface area contributed by atoms with Gasteiger partial charge in [-0.05, 0) is 31.2 Å². The number of hydrogen-bond acceptors (Lipinski definition) is 3. The van der Waals surface area contributed by atoms with Crippen LogP contribution in [-0.2, 0) is 24.1 Å². The molecule has 0 aliphatic carbocycles. The Bertz CT molecular complexity index is 718. The van der Waals surface area contributed by atoms with Gasteiger partial charge in [0.1, 0.15) is 0 Å². The average Bonchev–Trinajstić information content (AvgIpc) is 3.28. The van der Waals surface area contributed by atoms with Gasteiger partial charge in [-0.1, -0.05) is 50.6 Å². The van der Waals surface area contributed by atoms with Crippen LogP contribution in [0.5, 0.6) is 0 Å². The van der Waals surface area contributed by atoms with Crippen LogP contribution < -0.4 is 5.32 Å². The zero-order valence-electron chi connectivity index (χ0n) is 15.8. The van der Waals surface area contributed by atoms with Crippen LogP contribution in [0, 0.1) is 0 Å². The highest BCUT2D eigenvalue weighted by Crippen LogP contribution is 2.19. The van der Waals surface area contributed by atoms with Crippen LogP contribution in [0.2, 0.25) is 0 Å². The lowest BCUT2D eigenvalue weighted by molar-refractivity contribution is 0.0856. The van der Waals surface area contributed by atoms with Crippen molar-refractivity contribution in [1.29, 1.82) is 0 Å². The van der Waals surface area contributed by atoms with Crippen molar-refractivity contribution >= 4 is 5.91 Å². The number of aromatic nitrogens is 2. The summed E-state index contributed by atoms with van der Waals surface area (Å²) >= 11 is 0. The van der Waals surface area contributed by atoms with Crippen LogP contribution >= 0.6 is 0 Å². The zero-order chi connectivity index (χ0) is 18.4.